The summed E-state index contributed by atoms with van der Waals surface area (Å²) in [6.07, 6.45) is 0. The van der Waals surface area contributed by atoms with E-state index < -0.39 is 5.97 Å². The average molecular weight is 292 g/mol. The number of nitrogens with one attached hydrogen (secondary N) is 1. The molecule has 1 heterocycles. The van der Waals surface area contributed by atoms with E-state index in [-0.39, 0.29) is 16.7 Å². The number of halogens is 1. The molecule has 1 aromatic rings. The number of rotatable bonds is 3. The van der Waals surface area contributed by atoms with Gasteiger partial charge in [-0.2, -0.15) is 0 Å². The van der Waals surface area contributed by atoms with Crippen molar-refractivity contribution < 1.29 is 14.7 Å². The monoisotopic (exact) mass is 291 g/mol. The second kappa shape index (κ2) is 4.76. The smallest absolute Gasteiger partial charge is 0.348 e. The minimum Gasteiger partial charge on any atom is -0.477 e. The Kier molecular flexibility index (Phi) is 3.87. The van der Waals surface area contributed by atoms with Crippen molar-refractivity contribution in [3.8, 4) is 0 Å². The third-order valence-electron chi connectivity index (χ3n) is 1.68. The fourth-order valence-corrected chi connectivity index (χ4v) is 2.28. The Morgan fingerprint density at radius 2 is 2.13 bits per heavy atom. The predicted octanol–water partition coefficient (Wildman–Crippen LogP) is 2.80. The molecule has 0 unspecified atom stereocenters. The van der Waals surface area contributed by atoms with Gasteiger partial charge < -0.3 is 10.4 Å². The van der Waals surface area contributed by atoms with Gasteiger partial charge in [0, 0.05) is 5.92 Å². The Balaban J connectivity index is 2.94. The number of anilines is 1. The number of carbonyl (C=O) groups is 2. The number of aromatic carboxylic acids is 1. The lowest BCUT2D eigenvalue weighted by Crippen LogP contribution is -2.18. The normalized spacial score (nSPS) is 10.4. The zero-order valence-electron chi connectivity index (χ0n) is 8.20. The first kappa shape index (κ1) is 12.2. The van der Waals surface area contributed by atoms with Crippen LogP contribution < -0.4 is 5.32 Å². The first-order chi connectivity index (χ1) is 6.91. The summed E-state index contributed by atoms with van der Waals surface area (Å²) in [6, 6.07) is 1.59. The number of hydrogen-bond donors (Lipinski definition) is 2. The van der Waals surface area contributed by atoms with Crippen LogP contribution in [0, 0.1) is 5.92 Å². The van der Waals surface area contributed by atoms with Crippen LogP contribution in [0.3, 0.4) is 0 Å². The zero-order chi connectivity index (χ0) is 11.6. The van der Waals surface area contributed by atoms with Gasteiger partial charge in [-0.15, -0.1) is 11.3 Å². The van der Waals surface area contributed by atoms with Crippen LogP contribution in [-0.2, 0) is 4.79 Å². The van der Waals surface area contributed by atoms with Crippen LogP contribution in [0.5, 0.6) is 0 Å². The Bertz CT molecular complexity index is 400. The number of carboxylic acids is 1. The lowest BCUT2D eigenvalue weighted by atomic mass is 10.2. The molecule has 0 saturated heterocycles. The maximum Gasteiger partial charge on any atom is 0.348 e. The minimum absolute atomic E-state index is 0.135. The number of hydrogen-bond acceptors (Lipinski definition) is 3. The van der Waals surface area contributed by atoms with E-state index in [1.54, 1.807) is 19.9 Å². The van der Waals surface area contributed by atoms with Crippen molar-refractivity contribution in [1.29, 1.82) is 0 Å². The Labute approximate surface area is 99.4 Å². The molecule has 1 amide bonds. The van der Waals surface area contributed by atoms with Gasteiger partial charge in [-0.25, -0.2) is 4.79 Å². The van der Waals surface area contributed by atoms with E-state index in [0.717, 1.165) is 11.3 Å². The second-order valence-corrected chi connectivity index (χ2v) is 5.67. The van der Waals surface area contributed by atoms with Gasteiger partial charge in [0.05, 0.1) is 9.47 Å². The lowest BCUT2D eigenvalue weighted by Gasteiger charge is -2.06. The summed E-state index contributed by atoms with van der Waals surface area (Å²) in [5.41, 5.74) is 0.345. The standard InChI is InChI=1S/C9H10BrNO3S/c1-4(2)8(12)11-5-3-6(10)15-7(5)9(13)14/h3-4H,1-2H3,(H,11,12)(H,13,14). The number of amides is 1. The molecule has 0 saturated carbocycles. The first-order valence-corrected chi connectivity index (χ1v) is 5.86. The van der Waals surface area contributed by atoms with Gasteiger partial charge in [-0.3, -0.25) is 4.79 Å². The quantitative estimate of drug-likeness (QED) is 0.900. The topological polar surface area (TPSA) is 66.4 Å². The summed E-state index contributed by atoms with van der Waals surface area (Å²) in [5, 5.41) is 11.4. The summed E-state index contributed by atoms with van der Waals surface area (Å²) in [5.74, 6) is -1.40. The molecule has 82 valence electrons. The molecule has 0 bridgehead atoms. The first-order valence-electron chi connectivity index (χ1n) is 4.25. The van der Waals surface area contributed by atoms with Crippen molar-refractivity contribution in [2.24, 2.45) is 5.92 Å². The van der Waals surface area contributed by atoms with E-state index in [0.29, 0.717) is 9.47 Å². The van der Waals surface area contributed by atoms with Crippen LogP contribution in [-0.4, -0.2) is 17.0 Å². The molecule has 1 aromatic heterocycles. The van der Waals surface area contributed by atoms with Crippen LogP contribution >= 0.6 is 27.3 Å². The highest BCUT2D eigenvalue weighted by Gasteiger charge is 2.17. The van der Waals surface area contributed by atoms with E-state index in [1.807, 2.05) is 0 Å². The largest absolute Gasteiger partial charge is 0.477 e. The van der Waals surface area contributed by atoms with E-state index in [1.165, 1.54) is 0 Å². The zero-order valence-corrected chi connectivity index (χ0v) is 10.6. The number of carboxylic acid groups (broad SMARTS) is 1. The molecule has 6 heteroatoms. The third-order valence-corrected chi connectivity index (χ3v) is 3.30. The van der Waals surface area contributed by atoms with Crippen LogP contribution in [0.1, 0.15) is 23.5 Å². The van der Waals surface area contributed by atoms with Crippen LogP contribution in [0.15, 0.2) is 9.85 Å². The lowest BCUT2D eigenvalue weighted by molar-refractivity contribution is -0.118. The van der Waals surface area contributed by atoms with E-state index in [2.05, 4.69) is 21.2 Å². The van der Waals surface area contributed by atoms with Crippen LogP contribution in [0.25, 0.3) is 0 Å². The highest BCUT2D eigenvalue weighted by molar-refractivity contribution is 9.11. The summed E-state index contributed by atoms with van der Waals surface area (Å²) in [6.45, 7) is 3.49. The minimum atomic E-state index is -1.04. The molecular weight excluding hydrogens is 282 g/mol. The Hall–Kier alpha value is -0.880. The average Bonchev–Trinajstić information content (AvgIpc) is 2.46. The maximum atomic E-state index is 11.4. The van der Waals surface area contributed by atoms with Gasteiger partial charge in [-0.05, 0) is 22.0 Å². The predicted molar refractivity (Wildman–Crippen MR) is 62.4 cm³/mol. The van der Waals surface area contributed by atoms with Gasteiger partial charge in [0.1, 0.15) is 4.88 Å². The molecule has 0 aliphatic rings. The molecule has 0 atom stereocenters. The van der Waals surface area contributed by atoms with Crippen LogP contribution in [0.2, 0.25) is 0 Å². The summed E-state index contributed by atoms with van der Waals surface area (Å²) < 4.78 is 0.680. The fraction of sp³-hybridized carbons (Fsp3) is 0.333. The van der Waals surface area contributed by atoms with Crippen molar-refractivity contribution in [3.05, 3.63) is 14.7 Å². The molecule has 4 nitrogen and oxygen atoms in total. The fourth-order valence-electron chi connectivity index (χ4n) is 0.890. The SMILES string of the molecule is CC(C)C(=O)Nc1cc(Br)sc1C(=O)O. The molecule has 0 aliphatic carbocycles. The van der Waals surface area contributed by atoms with Crippen molar-refractivity contribution in [3.63, 3.8) is 0 Å². The third kappa shape index (κ3) is 3.04. The molecule has 0 spiro atoms. The number of carbonyl (C=O) groups excluding carboxylic acids is 1. The molecule has 0 radical (unpaired) electrons. The molecule has 15 heavy (non-hydrogen) atoms. The van der Waals surface area contributed by atoms with E-state index in [9.17, 15) is 9.59 Å². The van der Waals surface area contributed by atoms with E-state index in [4.69, 9.17) is 5.11 Å². The van der Waals surface area contributed by atoms with Gasteiger partial charge in [0.25, 0.3) is 0 Å². The molecule has 0 fully saturated rings. The molecular formula is C9H10BrNO3S. The van der Waals surface area contributed by atoms with Crippen LogP contribution in [0.4, 0.5) is 5.69 Å². The van der Waals surface area contributed by atoms with Crippen molar-refractivity contribution in [2.75, 3.05) is 5.32 Å². The summed E-state index contributed by atoms with van der Waals surface area (Å²) in [7, 11) is 0. The van der Waals surface area contributed by atoms with Crippen molar-refractivity contribution >= 4 is 44.8 Å². The molecule has 0 aromatic carbocycles. The second-order valence-electron chi connectivity index (χ2n) is 3.24. The maximum absolute atomic E-state index is 11.4. The summed E-state index contributed by atoms with van der Waals surface area (Å²) in [4.78, 5) is 22.3. The van der Waals surface area contributed by atoms with E-state index >= 15 is 0 Å². The Morgan fingerprint density at radius 1 is 1.53 bits per heavy atom. The van der Waals surface area contributed by atoms with Gasteiger partial charge in [-0.1, -0.05) is 13.8 Å². The van der Waals surface area contributed by atoms with Crippen molar-refractivity contribution in [1.82, 2.24) is 0 Å². The highest BCUT2D eigenvalue weighted by atomic mass is 79.9. The number of thiophene rings is 1. The summed E-state index contributed by atoms with van der Waals surface area (Å²) >= 11 is 4.26. The highest BCUT2D eigenvalue weighted by Crippen LogP contribution is 2.31. The molecule has 0 aliphatic heterocycles. The Morgan fingerprint density at radius 3 is 2.60 bits per heavy atom. The molecule has 2 N–H and O–H groups in total. The molecule has 1 rings (SSSR count). The van der Waals surface area contributed by atoms with Gasteiger partial charge in [0.15, 0.2) is 0 Å². The van der Waals surface area contributed by atoms with Gasteiger partial charge in [0.2, 0.25) is 5.91 Å². The van der Waals surface area contributed by atoms with Gasteiger partial charge >= 0.3 is 5.97 Å². The van der Waals surface area contributed by atoms with Crippen molar-refractivity contribution in [2.45, 2.75) is 13.8 Å².